The number of aromatic amines is 4. The van der Waals surface area contributed by atoms with Crippen LogP contribution in [-0.4, -0.2) is 47.8 Å². The molecule has 5 rings (SSSR count). The second kappa shape index (κ2) is 12.5. The van der Waals surface area contributed by atoms with Crippen molar-refractivity contribution in [3.05, 3.63) is 88.0 Å². The van der Waals surface area contributed by atoms with Crippen LogP contribution >= 0.6 is 25.3 Å². The summed E-state index contributed by atoms with van der Waals surface area (Å²) in [6, 6.07) is 0. The van der Waals surface area contributed by atoms with Crippen LogP contribution in [0.5, 0.6) is 0 Å². The molecule has 8 bridgehead atoms. The van der Waals surface area contributed by atoms with Gasteiger partial charge in [0.25, 0.3) is 0 Å². The molecule has 0 saturated carbocycles. The number of aromatic nitrogens is 4. The second-order valence-corrected chi connectivity index (χ2v) is 12.4. The number of hydrogen-bond donors (Lipinski definition) is 8. The van der Waals surface area contributed by atoms with Crippen molar-refractivity contribution in [2.24, 2.45) is 0 Å². The first kappa shape index (κ1) is 31.4. The summed E-state index contributed by atoms with van der Waals surface area (Å²) in [4.78, 5) is 38.4. The highest BCUT2D eigenvalue weighted by Crippen LogP contribution is 2.22. The molecule has 4 aromatic heterocycles. The topological polar surface area (TPSA) is 138 Å². The Balaban J connectivity index is 1.96. The smallest absolute Gasteiger partial charge is 0.303 e. The molecule has 0 radical (unpaired) electrons. The third-order valence-corrected chi connectivity index (χ3v) is 8.98. The molecular weight excluding hydrogens is 593 g/mol. The molecule has 8 nitrogen and oxygen atoms in total. The van der Waals surface area contributed by atoms with Crippen LogP contribution in [0.15, 0.2) is 0 Å². The highest BCUT2D eigenvalue weighted by atomic mass is 32.1. The number of nitrogens with one attached hydrogen (secondary N) is 4. The summed E-state index contributed by atoms with van der Waals surface area (Å²) < 4.78 is 0. The van der Waals surface area contributed by atoms with Crippen molar-refractivity contribution in [2.75, 3.05) is 5.75 Å². The minimum Gasteiger partial charge on any atom is -0.481 e. The van der Waals surface area contributed by atoms with E-state index in [1.807, 2.05) is 26.8 Å². The van der Waals surface area contributed by atoms with Crippen LogP contribution < -0.4 is 31.8 Å². The molecule has 1 aliphatic heterocycles. The molecule has 6 N–H and O–H groups in total. The van der Waals surface area contributed by atoms with Gasteiger partial charge in [-0.2, -0.15) is 12.6 Å². The molecule has 5 heterocycles. The van der Waals surface area contributed by atoms with E-state index >= 15 is 0 Å². The minimum atomic E-state index is -0.866. The molecule has 0 aromatic carbocycles. The van der Waals surface area contributed by atoms with E-state index in [1.165, 1.54) is 0 Å². The van der Waals surface area contributed by atoms with Gasteiger partial charge in [0.2, 0.25) is 0 Å². The largest absolute Gasteiger partial charge is 0.481 e. The van der Waals surface area contributed by atoms with E-state index in [0.29, 0.717) is 18.6 Å². The molecule has 0 aliphatic carbocycles. The number of carboxylic acid groups (broad SMARTS) is 2. The van der Waals surface area contributed by atoms with Crippen molar-refractivity contribution in [3.8, 4) is 0 Å². The Morgan fingerprint density at radius 2 is 1.23 bits per heavy atom. The molecule has 4 aromatic rings. The highest BCUT2D eigenvalue weighted by molar-refractivity contribution is 7.90. The van der Waals surface area contributed by atoms with Gasteiger partial charge in [-0.1, -0.05) is 6.08 Å². The van der Waals surface area contributed by atoms with Gasteiger partial charge in [-0.25, -0.2) is 0 Å². The maximum atomic E-state index is 11.6. The van der Waals surface area contributed by atoms with Crippen LogP contribution in [0.1, 0.15) is 75.9 Å². The summed E-state index contributed by atoms with van der Waals surface area (Å²) in [6.07, 6.45) is 11.0. The van der Waals surface area contributed by atoms with Crippen LogP contribution in [0.25, 0.3) is 35.3 Å². The number of aliphatic carboxylic acids is 2. The lowest BCUT2D eigenvalue weighted by Gasteiger charge is -2.01. The number of fused-ring (bicyclic) bond motifs is 8. The average Bonchev–Trinajstić information content (AvgIpc) is 3.61. The van der Waals surface area contributed by atoms with Crippen molar-refractivity contribution >= 4 is 72.5 Å². The summed E-state index contributed by atoms with van der Waals surface area (Å²) >= 11 is 9.23. The lowest BCUT2D eigenvalue weighted by Crippen LogP contribution is -2.25. The fourth-order valence-corrected chi connectivity index (χ4v) is 6.67. The molecule has 0 atom stereocenters. The van der Waals surface area contributed by atoms with E-state index in [0.717, 1.165) is 92.9 Å². The Bertz CT molecular complexity index is 2190. The van der Waals surface area contributed by atoms with Gasteiger partial charge in [0, 0.05) is 68.0 Å². The van der Waals surface area contributed by atoms with Gasteiger partial charge in [-0.15, -0.1) is 12.6 Å². The van der Waals surface area contributed by atoms with E-state index in [2.05, 4.69) is 70.7 Å². The van der Waals surface area contributed by atoms with Gasteiger partial charge >= 0.3 is 11.9 Å². The van der Waals surface area contributed by atoms with E-state index < -0.39 is 11.9 Å². The van der Waals surface area contributed by atoms with Crippen molar-refractivity contribution in [1.82, 2.24) is 19.9 Å². The maximum absolute atomic E-state index is 11.6. The third-order valence-electron chi connectivity index (χ3n) is 8.58. The summed E-state index contributed by atoms with van der Waals surface area (Å²) in [7, 11) is 0. The standard InChI is InChI=1S/C34H38N4O4S2/c1-16-21(6-8-32(39)40)29-15-30-22(7-9-33(41)42)17(2)25(36-30)13-28-23(10-11-43)18(3)26(37-28)14-31-34(20(5)44)19(4)27(38-31)12-24(16)35-29/h10,12-15,35-38,43-44H,6-9,11H2,1-5H3,(H,39,40)(H,41,42)/b23-10+,24-12-,28-13-,29-15-,31-14-,34-20+. The first-order valence-corrected chi connectivity index (χ1v) is 15.6. The lowest BCUT2D eigenvalue weighted by molar-refractivity contribution is -0.138. The molecule has 0 unspecified atom stereocenters. The van der Waals surface area contributed by atoms with Crippen LogP contribution in [0.2, 0.25) is 0 Å². The fraction of sp³-hybridized carbons (Fsp3) is 0.294. The Morgan fingerprint density at radius 3 is 1.86 bits per heavy atom. The SMILES string of the molecule is C/C(S)=c1/c(C)c2[nH]/c1=C\c1[nH]c(/c(=C/CS)c1C)=C\c1[nH]c(c(CCC(=O)O)c1C)/C=c1\[nH]/c(c(C)c1CCC(=O)O)=C\2. The van der Waals surface area contributed by atoms with Crippen LogP contribution in [0.4, 0.5) is 0 Å². The zero-order valence-electron chi connectivity index (χ0n) is 25.5. The Labute approximate surface area is 265 Å². The Hall–Kier alpha value is -4.02. The summed E-state index contributed by atoms with van der Waals surface area (Å²) in [5.41, 5.74) is 9.43. The summed E-state index contributed by atoms with van der Waals surface area (Å²) in [5.74, 6) is -1.17. The monoisotopic (exact) mass is 630 g/mol. The maximum Gasteiger partial charge on any atom is 0.303 e. The lowest BCUT2D eigenvalue weighted by atomic mass is 10.0. The van der Waals surface area contributed by atoms with Gasteiger partial charge in [0.05, 0.1) is 0 Å². The first-order chi connectivity index (χ1) is 20.9. The van der Waals surface area contributed by atoms with Crippen molar-refractivity contribution in [3.63, 3.8) is 0 Å². The van der Waals surface area contributed by atoms with Gasteiger partial charge in [0.15, 0.2) is 0 Å². The second-order valence-electron chi connectivity index (χ2n) is 11.4. The van der Waals surface area contributed by atoms with Gasteiger partial charge < -0.3 is 30.1 Å². The predicted octanol–water partition coefficient (Wildman–Crippen LogP) is 1.66. The molecule has 44 heavy (non-hydrogen) atoms. The van der Waals surface area contributed by atoms with Crippen molar-refractivity contribution in [1.29, 1.82) is 0 Å². The number of H-pyrrole nitrogens is 4. The average molecular weight is 631 g/mol. The molecular formula is C34H38N4O4S2. The Morgan fingerprint density at radius 1 is 0.682 bits per heavy atom. The normalized spacial score (nSPS) is 16.7. The van der Waals surface area contributed by atoms with E-state index in [4.69, 9.17) is 12.6 Å². The first-order valence-electron chi connectivity index (χ1n) is 14.6. The molecule has 10 heteroatoms. The number of rotatable bonds is 7. The zero-order chi connectivity index (χ0) is 31.9. The highest BCUT2D eigenvalue weighted by Gasteiger charge is 2.16. The van der Waals surface area contributed by atoms with Gasteiger partial charge in [-0.3, -0.25) is 9.59 Å². The van der Waals surface area contributed by atoms with E-state index in [9.17, 15) is 19.8 Å². The molecule has 230 valence electrons. The fourth-order valence-electron chi connectivity index (χ4n) is 6.20. The number of carbonyl (C=O) groups is 2. The molecule has 0 spiro atoms. The number of hydrogen-bond acceptors (Lipinski definition) is 4. The summed E-state index contributed by atoms with van der Waals surface area (Å²) in [6.45, 7) is 10.1. The molecule has 0 saturated heterocycles. The van der Waals surface area contributed by atoms with Gasteiger partial charge in [0.1, 0.15) is 0 Å². The van der Waals surface area contributed by atoms with Crippen molar-refractivity contribution in [2.45, 2.75) is 60.3 Å². The predicted molar refractivity (Wildman–Crippen MR) is 182 cm³/mol. The van der Waals surface area contributed by atoms with Crippen molar-refractivity contribution < 1.29 is 19.8 Å². The zero-order valence-corrected chi connectivity index (χ0v) is 27.3. The molecule has 0 fully saturated rings. The van der Waals surface area contributed by atoms with Crippen LogP contribution in [0.3, 0.4) is 0 Å². The Kier molecular flexibility index (Phi) is 8.95. The minimum absolute atomic E-state index is 0.00878. The third kappa shape index (κ3) is 6.01. The number of thiol groups is 2. The van der Waals surface area contributed by atoms with Crippen LogP contribution in [-0.2, 0) is 22.4 Å². The summed E-state index contributed by atoms with van der Waals surface area (Å²) in [5, 5.41) is 24.6. The number of carboxylic acids is 2. The molecule has 0 amide bonds. The quantitative estimate of drug-likeness (QED) is 0.130. The molecule has 1 aliphatic rings. The van der Waals surface area contributed by atoms with E-state index in [-0.39, 0.29) is 12.8 Å². The van der Waals surface area contributed by atoms with Crippen LogP contribution in [0, 0.1) is 27.7 Å². The van der Waals surface area contributed by atoms with Gasteiger partial charge in [-0.05, 0) is 115 Å². The van der Waals surface area contributed by atoms with E-state index in [1.54, 1.807) is 0 Å².